The molecule has 0 aliphatic carbocycles. The molecule has 0 aromatic heterocycles. The van der Waals surface area contributed by atoms with Crippen LogP contribution in [0.1, 0.15) is 25.5 Å². The molecule has 1 aromatic rings. The molecular formula is C11H16F2N2O. The van der Waals surface area contributed by atoms with Gasteiger partial charge in [0, 0.05) is 13.2 Å². The number of methoxy groups -OCH3 is 1. The first kappa shape index (κ1) is 13.0. The summed E-state index contributed by atoms with van der Waals surface area (Å²) in [6.45, 7) is 3.56. The third kappa shape index (κ3) is 2.75. The van der Waals surface area contributed by atoms with Crippen molar-refractivity contribution >= 4 is 0 Å². The average Bonchev–Trinajstić information content (AvgIpc) is 2.16. The second-order valence-electron chi connectivity index (χ2n) is 4.11. The molecule has 1 atom stereocenters. The van der Waals surface area contributed by atoms with Gasteiger partial charge < -0.3 is 4.74 Å². The lowest BCUT2D eigenvalue weighted by Gasteiger charge is -2.32. The van der Waals surface area contributed by atoms with Gasteiger partial charge >= 0.3 is 0 Å². The maximum atomic E-state index is 13.1. The van der Waals surface area contributed by atoms with Gasteiger partial charge in [-0.2, -0.15) is 0 Å². The van der Waals surface area contributed by atoms with Gasteiger partial charge in [0.1, 0.15) is 11.6 Å². The molecule has 0 amide bonds. The van der Waals surface area contributed by atoms with Crippen LogP contribution >= 0.6 is 0 Å². The van der Waals surface area contributed by atoms with Gasteiger partial charge in [0.05, 0.1) is 11.6 Å². The number of hydrazine groups is 1. The zero-order valence-corrected chi connectivity index (χ0v) is 9.55. The van der Waals surface area contributed by atoms with Crippen molar-refractivity contribution in [3.8, 4) is 0 Å². The predicted octanol–water partition coefficient (Wildman–Crippen LogP) is 1.89. The molecule has 3 N–H and O–H groups in total. The van der Waals surface area contributed by atoms with Crippen LogP contribution in [0.3, 0.4) is 0 Å². The molecule has 0 bridgehead atoms. The van der Waals surface area contributed by atoms with E-state index in [1.165, 1.54) is 19.2 Å². The van der Waals surface area contributed by atoms with Gasteiger partial charge in [-0.05, 0) is 31.5 Å². The highest BCUT2D eigenvalue weighted by atomic mass is 19.1. The van der Waals surface area contributed by atoms with E-state index < -0.39 is 23.3 Å². The molecule has 1 unspecified atom stereocenters. The SMILES string of the molecule is COC(C)(C)C(NN)c1cc(F)cc(F)c1. The van der Waals surface area contributed by atoms with Crippen LogP contribution in [-0.4, -0.2) is 12.7 Å². The van der Waals surface area contributed by atoms with Crippen molar-refractivity contribution in [1.29, 1.82) is 0 Å². The zero-order valence-electron chi connectivity index (χ0n) is 9.55. The predicted molar refractivity (Wildman–Crippen MR) is 57.5 cm³/mol. The lowest BCUT2D eigenvalue weighted by molar-refractivity contribution is -0.0112. The number of benzene rings is 1. The molecule has 0 saturated carbocycles. The number of hydrogen-bond donors (Lipinski definition) is 2. The highest BCUT2D eigenvalue weighted by Gasteiger charge is 2.30. The van der Waals surface area contributed by atoms with Crippen LogP contribution in [0.4, 0.5) is 8.78 Å². The number of ether oxygens (including phenoxy) is 1. The fourth-order valence-electron chi connectivity index (χ4n) is 1.56. The highest BCUT2D eigenvalue weighted by Crippen LogP contribution is 2.28. The van der Waals surface area contributed by atoms with Gasteiger partial charge in [0.25, 0.3) is 0 Å². The third-order valence-corrected chi connectivity index (χ3v) is 2.61. The van der Waals surface area contributed by atoms with E-state index in [4.69, 9.17) is 10.6 Å². The molecule has 16 heavy (non-hydrogen) atoms. The second-order valence-corrected chi connectivity index (χ2v) is 4.11. The Hall–Kier alpha value is -1.04. The van der Waals surface area contributed by atoms with Crippen molar-refractivity contribution in [2.75, 3.05) is 7.11 Å². The summed E-state index contributed by atoms with van der Waals surface area (Å²) in [5.41, 5.74) is 2.24. The molecule has 0 saturated heterocycles. The second kappa shape index (κ2) is 4.86. The van der Waals surface area contributed by atoms with Crippen molar-refractivity contribution in [2.45, 2.75) is 25.5 Å². The van der Waals surface area contributed by atoms with E-state index in [9.17, 15) is 8.78 Å². The van der Waals surface area contributed by atoms with E-state index in [1.807, 2.05) is 0 Å². The van der Waals surface area contributed by atoms with Crippen LogP contribution in [0.25, 0.3) is 0 Å². The number of hydrogen-bond acceptors (Lipinski definition) is 3. The summed E-state index contributed by atoms with van der Waals surface area (Å²) < 4.78 is 31.4. The fourth-order valence-corrected chi connectivity index (χ4v) is 1.56. The number of nitrogens with two attached hydrogens (primary N) is 1. The Bertz CT molecular complexity index is 349. The van der Waals surface area contributed by atoms with E-state index in [1.54, 1.807) is 13.8 Å². The molecule has 90 valence electrons. The minimum Gasteiger partial charge on any atom is -0.377 e. The smallest absolute Gasteiger partial charge is 0.126 e. The Morgan fingerprint density at radius 3 is 2.12 bits per heavy atom. The molecule has 1 aromatic carbocycles. The van der Waals surface area contributed by atoms with E-state index in [0.29, 0.717) is 5.56 Å². The van der Waals surface area contributed by atoms with Gasteiger partial charge in [-0.15, -0.1) is 0 Å². The maximum absolute atomic E-state index is 13.1. The molecule has 0 radical (unpaired) electrons. The molecule has 1 rings (SSSR count). The summed E-state index contributed by atoms with van der Waals surface area (Å²) in [6, 6.07) is 2.78. The van der Waals surface area contributed by atoms with Crippen LogP contribution in [0.5, 0.6) is 0 Å². The standard InChI is InChI=1S/C11H16F2N2O/c1-11(2,16-3)10(15-14)7-4-8(12)6-9(13)5-7/h4-6,10,15H,14H2,1-3H3. The van der Waals surface area contributed by atoms with Gasteiger partial charge in [0.2, 0.25) is 0 Å². The van der Waals surface area contributed by atoms with Crippen LogP contribution in [-0.2, 0) is 4.74 Å². The quantitative estimate of drug-likeness (QED) is 0.613. The molecule has 0 heterocycles. The lowest BCUT2D eigenvalue weighted by atomic mass is 9.92. The summed E-state index contributed by atoms with van der Waals surface area (Å²) in [6.07, 6.45) is 0. The van der Waals surface area contributed by atoms with E-state index in [-0.39, 0.29) is 0 Å². The first-order valence-electron chi connectivity index (χ1n) is 4.88. The molecule has 3 nitrogen and oxygen atoms in total. The van der Waals surface area contributed by atoms with E-state index in [2.05, 4.69) is 5.43 Å². The minimum atomic E-state index is -0.672. The molecule has 0 aliphatic heterocycles. The van der Waals surface area contributed by atoms with Crippen molar-refractivity contribution in [3.05, 3.63) is 35.4 Å². The van der Waals surface area contributed by atoms with Crippen LogP contribution < -0.4 is 11.3 Å². The van der Waals surface area contributed by atoms with Crippen molar-refractivity contribution in [1.82, 2.24) is 5.43 Å². The van der Waals surface area contributed by atoms with E-state index in [0.717, 1.165) is 6.07 Å². The summed E-state index contributed by atoms with van der Waals surface area (Å²) in [4.78, 5) is 0. The average molecular weight is 230 g/mol. The topological polar surface area (TPSA) is 47.3 Å². The third-order valence-electron chi connectivity index (χ3n) is 2.61. The van der Waals surface area contributed by atoms with Crippen LogP contribution in [0.15, 0.2) is 18.2 Å². The Kier molecular flexibility index (Phi) is 3.96. The summed E-state index contributed by atoms with van der Waals surface area (Å²) >= 11 is 0. The Balaban J connectivity index is 3.13. The lowest BCUT2D eigenvalue weighted by Crippen LogP contribution is -2.44. The highest BCUT2D eigenvalue weighted by molar-refractivity contribution is 5.23. The van der Waals surface area contributed by atoms with Gasteiger partial charge in [-0.25, -0.2) is 8.78 Å². The minimum absolute atomic E-state index is 0.409. The van der Waals surface area contributed by atoms with Crippen LogP contribution in [0.2, 0.25) is 0 Å². The summed E-state index contributed by atoms with van der Waals surface area (Å²) in [5, 5.41) is 0. The molecular weight excluding hydrogens is 214 g/mol. The number of nitrogens with one attached hydrogen (secondary N) is 1. The van der Waals surface area contributed by atoms with Crippen molar-refractivity contribution in [3.63, 3.8) is 0 Å². The Labute approximate surface area is 93.6 Å². The summed E-state index contributed by atoms with van der Waals surface area (Å²) in [7, 11) is 1.51. The van der Waals surface area contributed by atoms with Gasteiger partial charge in [-0.1, -0.05) is 0 Å². The largest absolute Gasteiger partial charge is 0.377 e. The molecule has 0 fully saturated rings. The number of halogens is 2. The Morgan fingerprint density at radius 1 is 1.25 bits per heavy atom. The molecule has 0 spiro atoms. The normalized spacial score (nSPS) is 13.9. The molecule has 0 aliphatic rings. The van der Waals surface area contributed by atoms with Crippen LogP contribution in [0, 0.1) is 11.6 Å². The molecule has 5 heteroatoms. The number of rotatable bonds is 4. The van der Waals surface area contributed by atoms with Gasteiger partial charge in [-0.3, -0.25) is 11.3 Å². The van der Waals surface area contributed by atoms with Crippen molar-refractivity contribution < 1.29 is 13.5 Å². The first-order valence-corrected chi connectivity index (χ1v) is 4.88. The summed E-state index contributed by atoms with van der Waals surface area (Å²) in [5.74, 6) is 4.12. The monoisotopic (exact) mass is 230 g/mol. The van der Waals surface area contributed by atoms with Gasteiger partial charge in [0.15, 0.2) is 0 Å². The van der Waals surface area contributed by atoms with E-state index >= 15 is 0 Å². The first-order chi connectivity index (χ1) is 7.40. The maximum Gasteiger partial charge on any atom is 0.126 e. The van der Waals surface area contributed by atoms with Crippen molar-refractivity contribution in [2.24, 2.45) is 5.84 Å². The fraction of sp³-hybridized carbons (Fsp3) is 0.455. The Morgan fingerprint density at radius 2 is 1.75 bits per heavy atom. The zero-order chi connectivity index (χ0) is 12.3.